The molecule has 2 aromatic carbocycles. The molecule has 1 N–H and O–H groups in total. The van der Waals surface area contributed by atoms with Gasteiger partial charge in [-0.05, 0) is 30.7 Å². The van der Waals surface area contributed by atoms with Crippen LogP contribution in [-0.4, -0.2) is 54.5 Å². The average Bonchev–Trinajstić information content (AvgIpc) is 2.73. The molecule has 0 radical (unpaired) electrons. The molecule has 0 atom stereocenters. The quantitative estimate of drug-likeness (QED) is 0.514. The number of hydrogen-bond acceptors (Lipinski definition) is 6. The van der Waals surface area contributed by atoms with Crippen LogP contribution in [0.25, 0.3) is 0 Å². The Labute approximate surface area is 177 Å². The fraction of sp³-hybridized carbons (Fsp3) is 0.381. The lowest BCUT2D eigenvalue weighted by Gasteiger charge is -2.22. The van der Waals surface area contributed by atoms with Crippen LogP contribution in [0.3, 0.4) is 0 Å². The van der Waals surface area contributed by atoms with Crippen molar-refractivity contribution in [2.75, 3.05) is 44.5 Å². The van der Waals surface area contributed by atoms with Gasteiger partial charge in [-0.1, -0.05) is 18.2 Å². The van der Waals surface area contributed by atoms with Gasteiger partial charge in [0.05, 0.1) is 32.7 Å². The van der Waals surface area contributed by atoms with Gasteiger partial charge in [0.15, 0.2) is 11.5 Å². The number of rotatable bonds is 12. The van der Waals surface area contributed by atoms with Gasteiger partial charge in [0.1, 0.15) is 12.4 Å². The van der Waals surface area contributed by atoms with E-state index in [2.05, 4.69) is 5.32 Å². The molecule has 164 valence electrons. The molecule has 0 heterocycles. The van der Waals surface area contributed by atoms with Gasteiger partial charge in [0.2, 0.25) is 15.9 Å². The van der Waals surface area contributed by atoms with Gasteiger partial charge in [-0.15, -0.1) is 0 Å². The van der Waals surface area contributed by atoms with E-state index in [-0.39, 0.29) is 18.9 Å². The Morgan fingerprint density at radius 1 is 1.03 bits per heavy atom. The van der Waals surface area contributed by atoms with Gasteiger partial charge in [-0.25, -0.2) is 8.42 Å². The fourth-order valence-corrected chi connectivity index (χ4v) is 3.77. The standard InChI is InChI=1S/C21H28N2O6S/c1-27-18-9-6-8-17(16-18)23(30(3,25)26)14-7-12-21(24)22-13-15-29-20-11-5-4-10-19(20)28-2/h4-6,8-11,16H,7,12-15H2,1-3H3,(H,22,24). The maximum atomic E-state index is 12.2. The predicted molar refractivity (Wildman–Crippen MR) is 116 cm³/mol. The molecule has 1 amide bonds. The first-order chi connectivity index (χ1) is 14.3. The van der Waals surface area contributed by atoms with E-state index in [0.29, 0.717) is 42.5 Å². The van der Waals surface area contributed by atoms with Gasteiger partial charge < -0.3 is 19.5 Å². The summed E-state index contributed by atoms with van der Waals surface area (Å²) in [5.74, 6) is 1.63. The highest BCUT2D eigenvalue weighted by atomic mass is 32.2. The van der Waals surface area contributed by atoms with Gasteiger partial charge in [0, 0.05) is 19.0 Å². The number of benzene rings is 2. The molecule has 2 aromatic rings. The molecule has 0 aliphatic rings. The maximum absolute atomic E-state index is 12.2. The van der Waals surface area contributed by atoms with E-state index >= 15 is 0 Å². The Balaban J connectivity index is 1.78. The Morgan fingerprint density at radius 3 is 2.43 bits per heavy atom. The number of nitrogens with zero attached hydrogens (tertiary/aromatic N) is 1. The molecule has 0 saturated heterocycles. The third-order valence-corrected chi connectivity index (χ3v) is 5.45. The van der Waals surface area contributed by atoms with Crippen molar-refractivity contribution in [2.45, 2.75) is 12.8 Å². The van der Waals surface area contributed by atoms with E-state index in [9.17, 15) is 13.2 Å². The Kier molecular flexibility index (Phi) is 8.79. The largest absolute Gasteiger partial charge is 0.497 e. The zero-order valence-electron chi connectivity index (χ0n) is 17.5. The summed E-state index contributed by atoms with van der Waals surface area (Å²) in [7, 11) is -0.400. The number of ether oxygens (including phenoxy) is 3. The second-order valence-electron chi connectivity index (χ2n) is 6.49. The van der Waals surface area contributed by atoms with Gasteiger partial charge in [-0.3, -0.25) is 9.10 Å². The van der Waals surface area contributed by atoms with Crippen molar-refractivity contribution in [3.63, 3.8) is 0 Å². The number of sulfonamides is 1. The van der Waals surface area contributed by atoms with Crippen LogP contribution in [0.1, 0.15) is 12.8 Å². The molecule has 0 aliphatic carbocycles. The van der Waals surface area contributed by atoms with Gasteiger partial charge >= 0.3 is 0 Å². The van der Waals surface area contributed by atoms with Crippen LogP contribution in [-0.2, 0) is 14.8 Å². The topological polar surface area (TPSA) is 94.2 Å². The van der Waals surface area contributed by atoms with Crippen molar-refractivity contribution < 1.29 is 27.4 Å². The SMILES string of the molecule is COc1cccc(N(CCCC(=O)NCCOc2ccccc2OC)S(C)(=O)=O)c1. The lowest BCUT2D eigenvalue weighted by atomic mass is 10.2. The molecular formula is C21H28N2O6S. The normalized spacial score (nSPS) is 10.9. The predicted octanol–water partition coefficient (Wildman–Crippen LogP) is 2.45. The van der Waals surface area contributed by atoms with E-state index in [1.807, 2.05) is 12.1 Å². The number of amides is 1. The van der Waals surface area contributed by atoms with E-state index in [1.54, 1.807) is 43.5 Å². The third kappa shape index (κ3) is 7.14. The zero-order chi connectivity index (χ0) is 22.0. The third-order valence-electron chi connectivity index (χ3n) is 4.26. The molecule has 0 aromatic heterocycles. The molecule has 0 aliphatic heterocycles. The first-order valence-electron chi connectivity index (χ1n) is 9.49. The Bertz CT molecular complexity index is 933. The monoisotopic (exact) mass is 436 g/mol. The molecule has 0 saturated carbocycles. The summed E-state index contributed by atoms with van der Waals surface area (Å²) in [5.41, 5.74) is 0.502. The van der Waals surface area contributed by atoms with E-state index in [1.165, 1.54) is 11.4 Å². The molecular weight excluding hydrogens is 408 g/mol. The van der Waals surface area contributed by atoms with Crippen LogP contribution in [0, 0.1) is 0 Å². The van der Waals surface area contributed by atoms with Crippen molar-refractivity contribution in [3.8, 4) is 17.2 Å². The minimum Gasteiger partial charge on any atom is -0.497 e. The lowest BCUT2D eigenvalue weighted by Crippen LogP contribution is -2.32. The fourth-order valence-electron chi connectivity index (χ4n) is 2.81. The molecule has 0 unspecified atom stereocenters. The summed E-state index contributed by atoms with van der Waals surface area (Å²) >= 11 is 0. The molecule has 8 nitrogen and oxygen atoms in total. The van der Waals surface area contributed by atoms with E-state index in [0.717, 1.165) is 6.26 Å². The van der Waals surface area contributed by atoms with Crippen LogP contribution < -0.4 is 23.8 Å². The van der Waals surface area contributed by atoms with Crippen molar-refractivity contribution in [3.05, 3.63) is 48.5 Å². The van der Waals surface area contributed by atoms with Crippen LogP contribution in [0.5, 0.6) is 17.2 Å². The van der Waals surface area contributed by atoms with Crippen LogP contribution in [0.2, 0.25) is 0 Å². The highest BCUT2D eigenvalue weighted by molar-refractivity contribution is 7.92. The smallest absolute Gasteiger partial charge is 0.232 e. The van der Waals surface area contributed by atoms with E-state index < -0.39 is 10.0 Å². The van der Waals surface area contributed by atoms with E-state index in [4.69, 9.17) is 14.2 Å². The van der Waals surface area contributed by atoms with Crippen LogP contribution in [0.4, 0.5) is 5.69 Å². The number of hydrogen-bond donors (Lipinski definition) is 1. The van der Waals surface area contributed by atoms with Crippen molar-refractivity contribution >= 4 is 21.6 Å². The first kappa shape index (κ1) is 23.3. The second kappa shape index (κ2) is 11.3. The highest BCUT2D eigenvalue weighted by Crippen LogP contribution is 2.25. The van der Waals surface area contributed by atoms with Crippen molar-refractivity contribution in [1.82, 2.24) is 5.32 Å². The summed E-state index contributed by atoms with van der Waals surface area (Å²) in [6, 6.07) is 14.1. The molecule has 0 fully saturated rings. The minimum atomic E-state index is -3.48. The lowest BCUT2D eigenvalue weighted by molar-refractivity contribution is -0.121. The summed E-state index contributed by atoms with van der Waals surface area (Å²) in [6.45, 7) is 0.824. The minimum absolute atomic E-state index is 0.169. The zero-order valence-corrected chi connectivity index (χ0v) is 18.3. The summed E-state index contributed by atoms with van der Waals surface area (Å²) in [6.07, 6.45) is 1.72. The number of methoxy groups -OCH3 is 2. The van der Waals surface area contributed by atoms with Gasteiger partial charge in [0.25, 0.3) is 0 Å². The number of para-hydroxylation sites is 2. The molecule has 0 bridgehead atoms. The maximum Gasteiger partial charge on any atom is 0.232 e. The first-order valence-corrected chi connectivity index (χ1v) is 11.3. The number of carbonyl (C=O) groups excluding carboxylic acids is 1. The summed E-state index contributed by atoms with van der Waals surface area (Å²) in [5, 5.41) is 2.77. The van der Waals surface area contributed by atoms with Crippen LogP contribution in [0.15, 0.2) is 48.5 Å². The van der Waals surface area contributed by atoms with Crippen LogP contribution >= 0.6 is 0 Å². The van der Waals surface area contributed by atoms with Crippen molar-refractivity contribution in [1.29, 1.82) is 0 Å². The summed E-state index contributed by atoms with van der Waals surface area (Å²) < 4.78 is 41.6. The molecule has 30 heavy (non-hydrogen) atoms. The van der Waals surface area contributed by atoms with Crippen molar-refractivity contribution in [2.24, 2.45) is 0 Å². The highest BCUT2D eigenvalue weighted by Gasteiger charge is 2.18. The Morgan fingerprint density at radius 2 is 1.77 bits per heavy atom. The molecule has 9 heteroatoms. The molecule has 0 spiro atoms. The molecule has 2 rings (SSSR count). The second-order valence-corrected chi connectivity index (χ2v) is 8.40. The number of carbonyl (C=O) groups is 1. The van der Waals surface area contributed by atoms with Gasteiger partial charge in [-0.2, -0.15) is 0 Å². The number of anilines is 1. The summed E-state index contributed by atoms with van der Waals surface area (Å²) in [4.78, 5) is 12.1. The Hall–Kier alpha value is -2.94. The average molecular weight is 437 g/mol. The number of nitrogens with one attached hydrogen (secondary N) is 1.